The lowest BCUT2D eigenvalue weighted by Crippen LogP contribution is -2.36. The third kappa shape index (κ3) is 7.63. The number of anilines is 2. The van der Waals surface area contributed by atoms with Crippen LogP contribution in [-0.2, 0) is 4.74 Å². The Bertz CT molecular complexity index is 852. The van der Waals surface area contributed by atoms with Gasteiger partial charge in [0.1, 0.15) is 11.6 Å². The van der Waals surface area contributed by atoms with E-state index in [9.17, 15) is 13.2 Å². The van der Waals surface area contributed by atoms with Crippen molar-refractivity contribution in [1.29, 1.82) is 5.41 Å². The summed E-state index contributed by atoms with van der Waals surface area (Å²) >= 11 is 0. The van der Waals surface area contributed by atoms with E-state index in [-0.39, 0.29) is 5.71 Å². The van der Waals surface area contributed by atoms with Crippen molar-refractivity contribution in [3.8, 4) is 0 Å². The Morgan fingerprint density at radius 1 is 1.16 bits per heavy atom. The molecule has 3 heterocycles. The van der Waals surface area contributed by atoms with Gasteiger partial charge in [-0.05, 0) is 43.2 Å². The second kappa shape index (κ2) is 10.9. The molecule has 168 valence electrons. The molecule has 0 radical (unpaired) electrons. The van der Waals surface area contributed by atoms with E-state index in [4.69, 9.17) is 15.9 Å². The first-order valence-electron chi connectivity index (χ1n) is 9.80. The lowest BCUT2D eigenvalue weighted by molar-refractivity contribution is -0.0975. The molecule has 2 aromatic heterocycles. The zero-order chi connectivity index (χ0) is 23.0. The van der Waals surface area contributed by atoms with Crippen LogP contribution in [0.1, 0.15) is 25.1 Å². The Balaban J connectivity index is 0.000000357. The average Bonchev–Trinajstić information content (AvgIpc) is 2.74. The van der Waals surface area contributed by atoms with Gasteiger partial charge in [0.2, 0.25) is 0 Å². The Morgan fingerprint density at radius 3 is 2.29 bits per heavy atom. The number of aromatic nitrogens is 3. The van der Waals surface area contributed by atoms with E-state index >= 15 is 0 Å². The van der Waals surface area contributed by atoms with Crippen molar-refractivity contribution < 1.29 is 17.9 Å². The molecule has 0 aromatic carbocycles. The molecular weight excluding hydrogens is 409 g/mol. The Kier molecular flexibility index (Phi) is 8.49. The number of hydrogen-bond donors (Lipinski definition) is 2. The number of nitrogens with zero attached hydrogens (tertiary/aromatic N) is 4. The highest BCUT2D eigenvalue weighted by Gasteiger charge is 2.35. The fraction of sp³-hybridized carbons (Fsp3) is 0.429. The van der Waals surface area contributed by atoms with Gasteiger partial charge in [0.05, 0.1) is 24.6 Å². The fourth-order valence-corrected chi connectivity index (χ4v) is 2.75. The molecule has 31 heavy (non-hydrogen) atoms. The molecular formula is C21H27F3N6O. The van der Waals surface area contributed by atoms with Gasteiger partial charge >= 0.3 is 6.18 Å². The van der Waals surface area contributed by atoms with Crippen molar-refractivity contribution in [2.24, 2.45) is 5.92 Å². The number of aryl methyl sites for hydroxylation is 1. The number of nitrogens with two attached hydrogens (primary N) is 1. The van der Waals surface area contributed by atoms with Gasteiger partial charge in [-0.25, -0.2) is 4.98 Å². The Labute approximate surface area is 179 Å². The molecule has 3 N–H and O–H groups in total. The number of morpholine rings is 1. The molecule has 1 aliphatic heterocycles. The lowest BCUT2D eigenvalue weighted by atomic mass is 9.99. The second-order valence-electron chi connectivity index (χ2n) is 7.27. The second-order valence-corrected chi connectivity index (χ2v) is 7.27. The number of nitrogen functional groups attached to an aromatic ring is 1. The maximum absolute atomic E-state index is 13.0. The van der Waals surface area contributed by atoms with Crippen molar-refractivity contribution in [1.82, 2.24) is 15.2 Å². The van der Waals surface area contributed by atoms with Crippen LogP contribution in [0.2, 0.25) is 0 Å². The standard InChI is InChI=1S/C16H20F3N3O.C5H7N3/c1-11(2)13(16(17,18)19)9-14(20)12-3-4-15(21-10-12)22-5-7-23-8-6-22;1-4-2-3-5(6)8-7-4/h3-4,9-11,20H,5-8H2,1-2H3;2-3H,1H3,(H2,6,8)/b13-9+,20-14?;. The van der Waals surface area contributed by atoms with Gasteiger partial charge in [-0.3, -0.25) is 0 Å². The number of hydrogen-bond acceptors (Lipinski definition) is 7. The molecule has 0 bridgehead atoms. The Hall–Kier alpha value is -3.01. The summed E-state index contributed by atoms with van der Waals surface area (Å²) in [6, 6.07) is 6.90. The highest BCUT2D eigenvalue weighted by molar-refractivity contribution is 6.06. The van der Waals surface area contributed by atoms with Crippen LogP contribution in [0.5, 0.6) is 0 Å². The van der Waals surface area contributed by atoms with Crippen molar-refractivity contribution in [2.45, 2.75) is 26.9 Å². The summed E-state index contributed by atoms with van der Waals surface area (Å²) < 4.78 is 44.1. The van der Waals surface area contributed by atoms with Crippen molar-refractivity contribution in [3.63, 3.8) is 0 Å². The predicted molar refractivity (Wildman–Crippen MR) is 114 cm³/mol. The predicted octanol–water partition coefficient (Wildman–Crippen LogP) is 3.80. The number of ether oxygens (including phenoxy) is 1. The van der Waals surface area contributed by atoms with Gasteiger partial charge in [-0.2, -0.15) is 18.3 Å². The zero-order valence-electron chi connectivity index (χ0n) is 17.8. The molecule has 2 aromatic rings. The summed E-state index contributed by atoms with van der Waals surface area (Å²) in [6.07, 6.45) is -2.10. The molecule has 0 amide bonds. The molecule has 0 unspecified atom stereocenters. The molecule has 7 nitrogen and oxygen atoms in total. The molecule has 0 aliphatic carbocycles. The largest absolute Gasteiger partial charge is 0.413 e. The molecule has 1 saturated heterocycles. The van der Waals surface area contributed by atoms with Gasteiger partial charge in [0.15, 0.2) is 0 Å². The average molecular weight is 436 g/mol. The fourth-order valence-electron chi connectivity index (χ4n) is 2.75. The first-order chi connectivity index (χ1) is 14.6. The van der Waals surface area contributed by atoms with Crippen molar-refractivity contribution in [3.05, 3.63) is 53.4 Å². The topological polar surface area (TPSA) is 101 Å². The SMILES string of the molecule is CC(C)/C(=C\C(=N)c1ccc(N2CCOCC2)nc1)C(F)(F)F.Cc1ccc(N)nn1. The summed E-state index contributed by atoms with van der Waals surface area (Å²) in [5.41, 5.74) is 5.61. The zero-order valence-corrected chi connectivity index (χ0v) is 17.8. The Morgan fingerprint density at radius 2 is 1.84 bits per heavy atom. The molecule has 0 spiro atoms. The third-order valence-electron chi connectivity index (χ3n) is 4.46. The number of nitrogens with one attached hydrogen (secondary N) is 1. The number of allylic oxidation sites excluding steroid dienone is 2. The molecule has 0 saturated carbocycles. The lowest BCUT2D eigenvalue weighted by Gasteiger charge is -2.27. The maximum Gasteiger partial charge on any atom is 0.413 e. The molecule has 1 aliphatic rings. The third-order valence-corrected chi connectivity index (χ3v) is 4.46. The van der Waals surface area contributed by atoms with Crippen LogP contribution >= 0.6 is 0 Å². The first kappa shape index (κ1) is 24.3. The normalized spacial score (nSPS) is 14.8. The van der Waals surface area contributed by atoms with Crippen LogP contribution in [0.15, 0.2) is 42.1 Å². The van der Waals surface area contributed by atoms with Crippen LogP contribution in [0.4, 0.5) is 24.8 Å². The monoisotopic (exact) mass is 436 g/mol. The number of halogens is 3. The highest BCUT2D eigenvalue weighted by atomic mass is 19.4. The van der Waals surface area contributed by atoms with E-state index in [1.165, 1.54) is 20.0 Å². The van der Waals surface area contributed by atoms with E-state index < -0.39 is 17.7 Å². The minimum Gasteiger partial charge on any atom is -0.382 e. The minimum atomic E-state index is -4.43. The summed E-state index contributed by atoms with van der Waals surface area (Å²) in [5, 5.41) is 15.2. The summed E-state index contributed by atoms with van der Waals surface area (Å²) in [7, 11) is 0. The van der Waals surface area contributed by atoms with Crippen LogP contribution in [0, 0.1) is 18.3 Å². The summed E-state index contributed by atoms with van der Waals surface area (Å²) in [6.45, 7) is 7.52. The number of alkyl halides is 3. The van der Waals surface area contributed by atoms with Gasteiger partial charge < -0.3 is 20.8 Å². The quantitative estimate of drug-likeness (QED) is 0.707. The van der Waals surface area contributed by atoms with Gasteiger partial charge in [0, 0.05) is 30.4 Å². The van der Waals surface area contributed by atoms with E-state index in [2.05, 4.69) is 15.2 Å². The van der Waals surface area contributed by atoms with Crippen LogP contribution in [0.25, 0.3) is 0 Å². The van der Waals surface area contributed by atoms with E-state index in [1.807, 2.05) is 17.9 Å². The van der Waals surface area contributed by atoms with Crippen molar-refractivity contribution in [2.75, 3.05) is 36.9 Å². The number of pyridine rings is 1. The maximum atomic E-state index is 13.0. The van der Waals surface area contributed by atoms with Gasteiger partial charge in [-0.15, -0.1) is 5.10 Å². The highest BCUT2D eigenvalue weighted by Crippen LogP contribution is 2.31. The van der Waals surface area contributed by atoms with E-state index in [1.54, 1.807) is 18.2 Å². The summed E-state index contributed by atoms with van der Waals surface area (Å²) in [4.78, 5) is 6.30. The van der Waals surface area contributed by atoms with E-state index in [0.717, 1.165) is 30.7 Å². The molecule has 1 fully saturated rings. The molecule has 3 rings (SSSR count). The molecule has 0 atom stereocenters. The molecule has 10 heteroatoms. The van der Waals surface area contributed by atoms with Crippen molar-refractivity contribution >= 4 is 17.3 Å². The smallest absolute Gasteiger partial charge is 0.382 e. The van der Waals surface area contributed by atoms with Crippen LogP contribution in [0.3, 0.4) is 0 Å². The van der Waals surface area contributed by atoms with E-state index in [0.29, 0.717) is 24.6 Å². The van der Waals surface area contributed by atoms with Gasteiger partial charge in [-0.1, -0.05) is 13.8 Å². The minimum absolute atomic E-state index is 0.188. The number of rotatable bonds is 4. The van der Waals surface area contributed by atoms with Crippen LogP contribution < -0.4 is 10.6 Å². The van der Waals surface area contributed by atoms with Gasteiger partial charge in [0.25, 0.3) is 0 Å². The van der Waals surface area contributed by atoms with Crippen LogP contribution in [-0.4, -0.2) is 53.4 Å². The summed E-state index contributed by atoms with van der Waals surface area (Å²) in [5.74, 6) is 0.514. The first-order valence-corrected chi connectivity index (χ1v) is 9.80.